The van der Waals surface area contributed by atoms with Crippen LogP contribution in [0.5, 0.6) is 0 Å². The minimum absolute atomic E-state index is 0.257. The summed E-state index contributed by atoms with van der Waals surface area (Å²) in [6.07, 6.45) is 3.29. The molecule has 3 heterocycles. The van der Waals surface area contributed by atoms with E-state index in [1.807, 2.05) is 4.90 Å². The Morgan fingerprint density at radius 1 is 1.31 bits per heavy atom. The molecule has 2 N–H and O–H groups in total. The molecule has 0 bridgehead atoms. The first-order valence-corrected chi connectivity index (χ1v) is 8.09. The van der Waals surface area contributed by atoms with Gasteiger partial charge in [-0.2, -0.15) is 5.10 Å². The summed E-state index contributed by atoms with van der Waals surface area (Å²) in [5.74, 6) is -0.389. The Morgan fingerprint density at radius 2 is 2.15 bits per heavy atom. The lowest BCUT2D eigenvalue weighted by Gasteiger charge is -2.26. The number of anilines is 2. The number of nitrogens with zero attached hydrogens (tertiary/aromatic N) is 4. The van der Waals surface area contributed by atoms with E-state index in [2.05, 4.69) is 15.4 Å². The van der Waals surface area contributed by atoms with Crippen molar-refractivity contribution in [2.75, 3.05) is 16.8 Å². The van der Waals surface area contributed by atoms with Crippen molar-refractivity contribution in [2.24, 2.45) is 0 Å². The zero-order chi connectivity index (χ0) is 18.3. The number of carboxylic acid groups (broad SMARTS) is 1. The average Bonchev–Trinajstić information content (AvgIpc) is 3.23. The van der Waals surface area contributed by atoms with E-state index in [1.54, 1.807) is 12.3 Å². The van der Waals surface area contributed by atoms with Gasteiger partial charge in [0.2, 0.25) is 0 Å². The highest BCUT2D eigenvalue weighted by molar-refractivity contribution is 5.88. The first kappa shape index (κ1) is 16.2. The van der Waals surface area contributed by atoms with Gasteiger partial charge in [-0.1, -0.05) is 0 Å². The summed E-state index contributed by atoms with van der Waals surface area (Å²) in [7, 11) is 0. The summed E-state index contributed by atoms with van der Waals surface area (Å²) >= 11 is 0. The van der Waals surface area contributed by atoms with E-state index in [4.69, 9.17) is 5.11 Å². The molecule has 0 aliphatic carbocycles. The zero-order valence-corrected chi connectivity index (χ0v) is 13.6. The van der Waals surface area contributed by atoms with Crippen molar-refractivity contribution in [1.82, 2.24) is 14.6 Å². The Kier molecular flexibility index (Phi) is 3.90. The number of hydrogen-bond donors (Lipinski definition) is 2. The van der Waals surface area contributed by atoms with Crippen molar-refractivity contribution in [3.8, 4) is 0 Å². The molecule has 1 aliphatic heterocycles. The average molecular weight is 359 g/mol. The number of aromatic nitrogens is 3. The number of nitrogens with one attached hydrogen (secondary N) is 1. The van der Waals surface area contributed by atoms with Crippen LogP contribution in [0.3, 0.4) is 0 Å². The van der Waals surface area contributed by atoms with Crippen LogP contribution in [-0.2, 0) is 0 Å². The number of benzene rings is 1. The van der Waals surface area contributed by atoms with Crippen LogP contribution in [-0.4, -0.2) is 32.3 Å². The van der Waals surface area contributed by atoms with Crippen LogP contribution in [0.1, 0.15) is 24.4 Å². The molecule has 0 spiro atoms. The fourth-order valence-electron chi connectivity index (χ4n) is 3.36. The molecule has 1 unspecified atom stereocenters. The second-order valence-corrected chi connectivity index (χ2v) is 6.06. The SMILES string of the molecule is O=C(O)Nc1cnn2ccc(N3CCCC3c3cc(F)ccc3F)nc12. The summed E-state index contributed by atoms with van der Waals surface area (Å²) in [6, 6.07) is 4.83. The summed E-state index contributed by atoms with van der Waals surface area (Å²) in [6.45, 7) is 0.639. The second-order valence-electron chi connectivity index (χ2n) is 6.06. The van der Waals surface area contributed by atoms with E-state index in [0.29, 0.717) is 30.0 Å². The highest BCUT2D eigenvalue weighted by Crippen LogP contribution is 2.37. The van der Waals surface area contributed by atoms with Crippen molar-refractivity contribution in [1.29, 1.82) is 0 Å². The Morgan fingerprint density at radius 3 is 2.96 bits per heavy atom. The maximum absolute atomic E-state index is 14.2. The molecule has 7 nitrogen and oxygen atoms in total. The number of hydrogen-bond acceptors (Lipinski definition) is 4. The van der Waals surface area contributed by atoms with Crippen LogP contribution < -0.4 is 10.2 Å². The first-order valence-electron chi connectivity index (χ1n) is 8.09. The monoisotopic (exact) mass is 359 g/mol. The lowest BCUT2D eigenvalue weighted by molar-refractivity contribution is 0.210. The smallest absolute Gasteiger partial charge is 0.409 e. The van der Waals surface area contributed by atoms with Crippen molar-refractivity contribution in [3.63, 3.8) is 0 Å². The third kappa shape index (κ3) is 2.81. The fourth-order valence-corrected chi connectivity index (χ4v) is 3.36. The lowest BCUT2D eigenvalue weighted by atomic mass is 10.0. The van der Waals surface area contributed by atoms with Crippen LogP contribution in [0.25, 0.3) is 5.65 Å². The van der Waals surface area contributed by atoms with E-state index >= 15 is 0 Å². The summed E-state index contributed by atoms with van der Waals surface area (Å²) in [4.78, 5) is 17.3. The topological polar surface area (TPSA) is 82.8 Å². The van der Waals surface area contributed by atoms with Gasteiger partial charge < -0.3 is 10.0 Å². The predicted molar refractivity (Wildman–Crippen MR) is 90.3 cm³/mol. The van der Waals surface area contributed by atoms with Gasteiger partial charge in [0.05, 0.1) is 12.2 Å². The minimum Gasteiger partial charge on any atom is -0.465 e. The quantitative estimate of drug-likeness (QED) is 0.749. The number of amides is 1. The number of fused-ring (bicyclic) bond motifs is 1. The maximum Gasteiger partial charge on any atom is 0.409 e. The lowest BCUT2D eigenvalue weighted by Crippen LogP contribution is -2.24. The van der Waals surface area contributed by atoms with Crippen molar-refractivity contribution < 1.29 is 18.7 Å². The molecule has 1 aliphatic rings. The molecule has 0 radical (unpaired) electrons. The Balaban J connectivity index is 1.73. The van der Waals surface area contributed by atoms with Gasteiger partial charge in [-0.05, 0) is 37.1 Å². The molecule has 1 saturated heterocycles. The maximum atomic E-state index is 14.2. The molecule has 3 aromatic rings. The summed E-state index contributed by atoms with van der Waals surface area (Å²) < 4.78 is 29.3. The number of carbonyl (C=O) groups is 1. The molecule has 26 heavy (non-hydrogen) atoms. The van der Waals surface area contributed by atoms with Gasteiger partial charge in [0, 0.05) is 18.3 Å². The highest BCUT2D eigenvalue weighted by Gasteiger charge is 2.30. The molecule has 0 saturated carbocycles. The molecular weight excluding hydrogens is 344 g/mol. The number of halogens is 2. The Labute approximate surface area is 146 Å². The molecule has 9 heteroatoms. The summed E-state index contributed by atoms with van der Waals surface area (Å²) in [5, 5.41) is 15.2. The third-order valence-corrected chi connectivity index (χ3v) is 4.46. The minimum atomic E-state index is -1.21. The van der Waals surface area contributed by atoms with E-state index in [-0.39, 0.29) is 11.7 Å². The van der Waals surface area contributed by atoms with Crippen LogP contribution >= 0.6 is 0 Å². The molecule has 1 amide bonds. The molecule has 1 atom stereocenters. The van der Waals surface area contributed by atoms with Gasteiger partial charge in [-0.25, -0.2) is 23.1 Å². The van der Waals surface area contributed by atoms with E-state index in [0.717, 1.165) is 18.6 Å². The number of rotatable bonds is 3. The van der Waals surface area contributed by atoms with E-state index in [9.17, 15) is 13.6 Å². The van der Waals surface area contributed by atoms with E-state index in [1.165, 1.54) is 16.8 Å². The fraction of sp³-hybridized carbons (Fsp3) is 0.235. The van der Waals surface area contributed by atoms with Gasteiger partial charge in [-0.3, -0.25) is 5.32 Å². The molecule has 1 fully saturated rings. The van der Waals surface area contributed by atoms with Gasteiger partial charge in [0.15, 0.2) is 5.65 Å². The van der Waals surface area contributed by atoms with Crippen molar-refractivity contribution in [2.45, 2.75) is 18.9 Å². The first-order chi connectivity index (χ1) is 12.5. The molecule has 1 aromatic carbocycles. The van der Waals surface area contributed by atoms with Crippen LogP contribution in [0, 0.1) is 11.6 Å². The molecule has 2 aromatic heterocycles. The molecule has 4 rings (SSSR count). The normalized spacial score (nSPS) is 17.0. The van der Waals surface area contributed by atoms with Crippen molar-refractivity contribution in [3.05, 3.63) is 53.9 Å². The Hall–Kier alpha value is -3.23. The largest absolute Gasteiger partial charge is 0.465 e. The van der Waals surface area contributed by atoms with Gasteiger partial charge >= 0.3 is 6.09 Å². The standard InChI is InChI=1S/C17H15F2N5O2/c18-10-3-4-12(19)11(8-10)14-2-1-6-23(14)15-5-7-24-16(22-15)13(9-20-24)21-17(25)26/h3-5,7-9,14,21H,1-2,6H2,(H,25,26). The van der Waals surface area contributed by atoms with Crippen LogP contribution in [0.2, 0.25) is 0 Å². The van der Waals surface area contributed by atoms with Crippen LogP contribution in [0.4, 0.5) is 25.1 Å². The van der Waals surface area contributed by atoms with Crippen LogP contribution in [0.15, 0.2) is 36.7 Å². The van der Waals surface area contributed by atoms with E-state index < -0.39 is 17.7 Å². The molecular formula is C17H15F2N5O2. The highest BCUT2D eigenvalue weighted by atomic mass is 19.1. The third-order valence-electron chi connectivity index (χ3n) is 4.46. The van der Waals surface area contributed by atoms with Gasteiger partial charge in [-0.15, -0.1) is 0 Å². The molecule has 134 valence electrons. The van der Waals surface area contributed by atoms with Crippen molar-refractivity contribution >= 4 is 23.2 Å². The van der Waals surface area contributed by atoms with Gasteiger partial charge in [0.1, 0.15) is 23.1 Å². The Bertz CT molecular complexity index is 990. The second kappa shape index (κ2) is 6.25. The zero-order valence-electron chi connectivity index (χ0n) is 13.6. The predicted octanol–water partition coefficient (Wildman–Crippen LogP) is 3.44. The van der Waals surface area contributed by atoms with Gasteiger partial charge in [0.25, 0.3) is 0 Å². The summed E-state index contributed by atoms with van der Waals surface area (Å²) in [5.41, 5.74) is 0.892.